The zero-order valence-corrected chi connectivity index (χ0v) is 13.3. The van der Waals surface area contributed by atoms with Crippen molar-refractivity contribution in [2.24, 2.45) is 0 Å². The number of non-ortho nitro benzene ring substituents is 1. The highest BCUT2D eigenvalue weighted by atomic mass is 16.7. The fourth-order valence-corrected chi connectivity index (χ4v) is 2.49. The normalized spacial score (nSPS) is 12.9. The third-order valence-corrected chi connectivity index (χ3v) is 3.72. The number of nitro groups is 1. The van der Waals surface area contributed by atoms with Crippen molar-refractivity contribution in [3.63, 3.8) is 0 Å². The SMILES string of the molecule is CN(C/C=C/c1ccc([N+](=O)[O-])cc1)Cc1ccc2c(c1)OCO2. The van der Waals surface area contributed by atoms with Crippen molar-refractivity contribution in [1.82, 2.24) is 4.90 Å². The summed E-state index contributed by atoms with van der Waals surface area (Å²) >= 11 is 0. The number of nitrogens with zero attached hydrogens (tertiary/aromatic N) is 2. The van der Waals surface area contributed by atoms with Crippen molar-refractivity contribution in [3.8, 4) is 11.5 Å². The lowest BCUT2D eigenvalue weighted by Gasteiger charge is -2.14. The van der Waals surface area contributed by atoms with Crippen molar-refractivity contribution >= 4 is 11.8 Å². The van der Waals surface area contributed by atoms with Gasteiger partial charge in [0.05, 0.1) is 4.92 Å². The number of likely N-dealkylation sites (N-methyl/N-ethyl adjacent to an activating group) is 1. The molecule has 0 saturated heterocycles. The number of benzene rings is 2. The molecule has 1 heterocycles. The van der Waals surface area contributed by atoms with E-state index in [4.69, 9.17) is 9.47 Å². The van der Waals surface area contributed by atoms with Gasteiger partial charge in [-0.25, -0.2) is 0 Å². The first-order valence-electron chi connectivity index (χ1n) is 7.60. The highest BCUT2D eigenvalue weighted by Crippen LogP contribution is 2.32. The Hall–Kier alpha value is -2.86. The summed E-state index contributed by atoms with van der Waals surface area (Å²) in [6.45, 7) is 1.85. The van der Waals surface area contributed by atoms with Crippen molar-refractivity contribution < 1.29 is 14.4 Å². The minimum Gasteiger partial charge on any atom is -0.454 e. The molecule has 0 atom stereocenters. The zero-order chi connectivity index (χ0) is 16.9. The maximum absolute atomic E-state index is 10.6. The van der Waals surface area contributed by atoms with Gasteiger partial charge in [-0.3, -0.25) is 15.0 Å². The second kappa shape index (κ2) is 7.14. The average molecular weight is 326 g/mol. The molecule has 0 N–H and O–H groups in total. The second-order valence-corrected chi connectivity index (χ2v) is 5.64. The van der Waals surface area contributed by atoms with E-state index in [0.717, 1.165) is 35.7 Å². The van der Waals surface area contributed by atoms with Gasteiger partial charge in [0.2, 0.25) is 6.79 Å². The quantitative estimate of drug-likeness (QED) is 0.601. The minimum absolute atomic E-state index is 0.104. The molecule has 124 valence electrons. The first kappa shape index (κ1) is 16.0. The van der Waals surface area contributed by atoms with Crippen molar-refractivity contribution in [3.05, 3.63) is 69.8 Å². The van der Waals surface area contributed by atoms with E-state index in [1.807, 2.05) is 37.4 Å². The fourth-order valence-electron chi connectivity index (χ4n) is 2.49. The first-order chi connectivity index (χ1) is 11.6. The molecule has 0 fully saturated rings. The van der Waals surface area contributed by atoms with E-state index < -0.39 is 4.92 Å². The molecule has 0 bridgehead atoms. The molecule has 6 heteroatoms. The molecule has 0 saturated carbocycles. The molecule has 2 aromatic carbocycles. The Kier molecular flexibility index (Phi) is 4.77. The smallest absolute Gasteiger partial charge is 0.269 e. The number of hydrogen-bond donors (Lipinski definition) is 0. The monoisotopic (exact) mass is 326 g/mol. The molecule has 0 aromatic heterocycles. The summed E-state index contributed by atoms with van der Waals surface area (Å²) in [5, 5.41) is 10.6. The van der Waals surface area contributed by atoms with E-state index >= 15 is 0 Å². The molecule has 24 heavy (non-hydrogen) atoms. The van der Waals surface area contributed by atoms with E-state index in [1.165, 1.54) is 12.1 Å². The fraction of sp³-hybridized carbons (Fsp3) is 0.222. The summed E-state index contributed by atoms with van der Waals surface area (Å²) < 4.78 is 10.7. The van der Waals surface area contributed by atoms with Gasteiger partial charge in [-0.2, -0.15) is 0 Å². The molecule has 6 nitrogen and oxygen atoms in total. The molecule has 1 aliphatic rings. The second-order valence-electron chi connectivity index (χ2n) is 5.64. The minimum atomic E-state index is -0.396. The van der Waals surface area contributed by atoms with Crippen LogP contribution in [0.2, 0.25) is 0 Å². The predicted molar refractivity (Wildman–Crippen MR) is 91.0 cm³/mol. The van der Waals surface area contributed by atoms with Crippen LogP contribution in [0.3, 0.4) is 0 Å². The standard InChI is InChI=1S/C18H18N2O4/c1-19(12-15-6-9-17-18(11-15)24-13-23-17)10-2-3-14-4-7-16(8-5-14)20(21)22/h2-9,11H,10,12-13H2,1H3/b3-2+. The Morgan fingerprint density at radius 1 is 1.17 bits per heavy atom. The van der Waals surface area contributed by atoms with Crippen LogP contribution in [-0.4, -0.2) is 30.2 Å². The highest BCUT2D eigenvalue weighted by Gasteiger charge is 2.13. The van der Waals surface area contributed by atoms with Crippen LogP contribution in [0, 0.1) is 10.1 Å². The summed E-state index contributed by atoms with van der Waals surface area (Å²) in [5.41, 5.74) is 2.20. The van der Waals surface area contributed by atoms with Gasteiger partial charge in [0, 0.05) is 25.2 Å². The molecule has 3 rings (SSSR count). The van der Waals surface area contributed by atoms with Gasteiger partial charge in [0.25, 0.3) is 5.69 Å². The van der Waals surface area contributed by atoms with Gasteiger partial charge in [0.15, 0.2) is 11.5 Å². The van der Waals surface area contributed by atoms with Crippen molar-refractivity contribution in [2.75, 3.05) is 20.4 Å². The van der Waals surface area contributed by atoms with Gasteiger partial charge in [-0.15, -0.1) is 0 Å². The molecular weight excluding hydrogens is 308 g/mol. The summed E-state index contributed by atoms with van der Waals surface area (Å²) in [5.74, 6) is 1.58. The highest BCUT2D eigenvalue weighted by molar-refractivity contribution is 5.51. The van der Waals surface area contributed by atoms with Crippen LogP contribution in [0.25, 0.3) is 6.08 Å². The van der Waals surface area contributed by atoms with Crippen LogP contribution in [0.5, 0.6) is 11.5 Å². The molecule has 0 spiro atoms. The molecule has 0 unspecified atom stereocenters. The topological polar surface area (TPSA) is 64.8 Å². The van der Waals surface area contributed by atoms with E-state index in [-0.39, 0.29) is 12.5 Å². The summed E-state index contributed by atoms with van der Waals surface area (Å²) in [4.78, 5) is 12.4. The maximum Gasteiger partial charge on any atom is 0.269 e. The number of fused-ring (bicyclic) bond motifs is 1. The molecule has 0 aliphatic carbocycles. The van der Waals surface area contributed by atoms with Crippen LogP contribution in [0.1, 0.15) is 11.1 Å². The van der Waals surface area contributed by atoms with Gasteiger partial charge < -0.3 is 9.47 Å². The Morgan fingerprint density at radius 3 is 2.67 bits per heavy atom. The predicted octanol–water partition coefficient (Wildman–Crippen LogP) is 3.47. The van der Waals surface area contributed by atoms with Crippen LogP contribution in [0.15, 0.2) is 48.5 Å². The van der Waals surface area contributed by atoms with E-state index in [0.29, 0.717) is 0 Å². The first-order valence-corrected chi connectivity index (χ1v) is 7.60. The van der Waals surface area contributed by atoms with E-state index in [2.05, 4.69) is 4.90 Å². The molecule has 1 aliphatic heterocycles. The van der Waals surface area contributed by atoms with E-state index in [9.17, 15) is 10.1 Å². The van der Waals surface area contributed by atoms with Crippen molar-refractivity contribution in [2.45, 2.75) is 6.54 Å². The Morgan fingerprint density at radius 2 is 1.92 bits per heavy atom. The van der Waals surface area contributed by atoms with Crippen LogP contribution >= 0.6 is 0 Å². The zero-order valence-electron chi connectivity index (χ0n) is 13.3. The summed E-state index contributed by atoms with van der Waals surface area (Å²) in [7, 11) is 2.03. The Bertz CT molecular complexity index is 756. The van der Waals surface area contributed by atoms with Gasteiger partial charge >= 0.3 is 0 Å². The third-order valence-electron chi connectivity index (χ3n) is 3.72. The third kappa shape index (κ3) is 3.91. The lowest BCUT2D eigenvalue weighted by Crippen LogP contribution is -2.17. The number of rotatable bonds is 6. The lowest BCUT2D eigenvalue weighted by molar-refractivity contribution is -0.384. The Balaban J connectivity index is 1.53. The van der Waals surface area contributed by atoms with E-state index in [1.54, 1.807) is 12.1 Å². The van der Waals surface area contributed by atoms with Gasteiger partial charge in [0.1, 0.15) is 0 Å². The molecule has 0 radical (unpaired) electrons. The largest absolute Gasteiger partial charge is 0.454 e. The van der Waals surface area contributed by atoms with Crippen LogP contribution in [0.4, 0.5) is 5.69 Å². The molecule has 2 aromatic rings. The number of ether oxygens (including phenoxy) is 2. The molecular formula is C18H18N2O4. The average Bonchev–Trinajstić information content (AvgIpc) is 3.03. The summed E-state index contributed by atoms with van der Waals surface area (Å²) in [6.07, 6.45) is 3.99. The van der Waals surface area contributed by atoms with Crippen LogP contribution in [-0.2, 0) is 6.54 Å². The van der Waals surface area contributed by atoms with Gasteiger partial charge in [-0.1, -0.05) is 18.2 Å². The molecule has 0 amide bonds. The summed E-state index contributed by atoms with van der Waals surface area (Å²) in [6, 6.07) is 12.5. The lowest BCUT2D eigenvalue weighted by atomic mass is 10.2. The van der Waals surface area contributed by atoms with Gasteiger partial charge in [-0.05, 0) is 42.4 Å². The Labute approximate surface area is 140 Å². The van der Waals surface area contributed by atoms with Crippen molar-refractivity contribution in [1.29, 1.82) is 0 Å². The van der Waals surface area contributed by atoms with Crippen LogP contribution < -0.4 is 9.47 Å². The number of nitro benzene ring substituents is 1. The maximum atomic E-state index is 10.6. The number of hydrogen-bond acceptors (Lipinski definition) is 5.